The number of halogens is 1. The number of benzene rings is 1. The molecule has 4 heteroatoms. The van der Waals surface area contributed by atoms with Gasteiger partial charge in [0.1, 0.15) is 5.78 Å². The molecule has 0 amide bonds. The van der Waals surface area contributed by atoms with Crippen molar-refractivity contribution in [2.45, 2.75) is 38.2 Å². The number of rotatable bonds is 5. The normalized spacial score (nSPS) is 20.3. The van der Waals surface area contributed by atoms with Gasteiger partial charge in [-0.1, -0.05) is 42.0 Å². The molecule has 2 unspecified atom stereocenters. The number of aliphatic hydroxyl groups excluding tert-OH is 1. The Morgan fingerprint density at radius 3 is 2.95 bits per heavy atom. The second-order valence-electron chi connectivity index (χ2n) is 5.87. The summed E-state index contributed by atoms with van der Waals surface area (Å²) in [6, 6.07) is 8.11. The van der Waals surface area contributed by atoms with Crippen molar-refractivity contribution in [2.75, 3.05) is 0 Å². The van der Waals surface area contributed by atoms with E-state index in [4.69, 9.17) is 11.6 Å². The highest BCUT2D eigenvalue weighted by molar-refractivity contribution is 7.19. The molecule has 1 aliphatic carbocycles. The van der Waals surface area contributed by atoms with Gasteiger partial charge in [0, 0.05) is 27.8 Å². The molecule has 0 aliphatic heterocycles. The molecule has 1 N–H and O–H groups in total. The average molecular weight is 335 g/mol. The van der Waals surface area contributed by atoms with Crippen molar-refractivity contribution < 1.29 is 9.90 Å². The van der Waals surface area contributed by atoms with Gasteiger partial charge >= 0.3 is 0 Å². The minimum Gasteiger partial charge on any atom is -0.389 e. The van der Waals surface area contributed by atoms with Gasteiger partial charge in [-0.05, 0) is 31.2 Å². The smallest absolute Gasteiger partial charge is 0.133 e. The minimum atomic E-state index is -0.475. The highest BCUT2D eigenvalue weighted by atomic mass is 35.5. The molecule has 1 fully saturated rings. The minimum absolute atomic E-state index is 0.315. The molecule has 1 saturated carbocycles. The third-order valence-electron chi connectivity index (χ3n) is 4.16. The maximum atomic E-state index is 11.2. The second kappa shape index (κ2) is 6.95. The van der Waals surface area contributed by atoms with Gasteiger partial charge in [0.05, 0.1) is 11.1 Å². The van der Waals surface area contributed by atoms with Crippen molar-refractivity contribution in [2.24, 2.45) is 5.92 Å². The lowest BCUT2D eigenvalue weighted by Crippen LogP contribution is -2.04. The third-order valence-corrected chi connectivity index (χ3v) is 5.93. The second-order valence-corrected chi connectivity index (χ2v) is 7.38. The van der Waals surface area contributed by atoms with Crippen LogP contribution in [0.3, 0.4) is 0 Å². The Morgan fingerprint density at radius 1 is 1.41 bits per heavy atom. The van der Waals surface area contributed by atoms with Crippen LogP contribution in [0, 0.1) is 5.92 Å². The average Bonchev–Trinajstić information content (AvgIpc) is 3.07. The molecule has 2 aromatic rings. The van der Waals surface area contributed by atoms with Crippen LogP contribution in [0.1, 0.15) is 30.6 Å². The first-order valence-corrected chi connectivity index (χ1v) is 8.87. The van der Waals surface area contributed by atoms with Crippen molar-refractivity contribution in [3.8, 4) is 0 Å². The molecule has 22 heavy (non-hydrogen) atoms. The molecule has 1 heterocycles. The highest BCUT2D eigenvalue weighted by Crippen LogP contribution is 2.36. The maximum absolute atomic E-state index is 11.2. The monoisotopic (exact) mass is 334 g/mol. The van der Waals surface area contributed by atoms with Crippen LogP contribution in [0.25, 0.3) is 10.1 Å². The molecule has 0 spiro atoms. The fourth-order valence-corrected chi connectivity index (χ4v) is 4.44. The molecule has 1 aromatic carbocycles. The summed E-state index contributed by atoms with van der Waals surface area (Å²) in [4.78, 5) is 12.4. The Kier molecular flexibility index (Phi) is 4.97. The molecular weight excluding hydrogens is 316 g/mol. The van der Waals surface area contributed by atoms with E-state index < -0.39 is 6.10 Å². The number of carbonyl (C=O) groups excluding carboxylic acids is 1. The van der Waals surface area contributed by atoms with Gasteiger partial charge in [0.15, 0.2) is 0 Å². The summed E-state index contributed by atoms with van der Waals surface area (Å²) >= 11 is 8.11. The van der Waals surface area contributed by atoms with Crippen molar-refractivity contribution in [3.63, 3.8) is 0 Å². The third kappa shape index (κ3) is 3.60. The standard InChI is InChI=1S/C18H19ClO2S/c19-18-15-3-1-2-4-16(15)22-17(18)10-9-13(20)7-5-12-6-8-14(21)11-12/h1-5,7,12-13,20H,6,8-11H2/b7-5+. The summed E-state index contributed by atoms with van der Waals surface area (Å²) in [5.74, 6) is 0.649. The molecule has 1 aliphatic rings. The van der Waals surface area contributed by atoms with Gasteiger partial charge in [0.2, 0.25) is 0 Å². The first-order valence-electron chi connectivity index (χ1n) is 7.67. The fourth-order valence-electron chi connectivity index (χ4n) is 2.89. The largest absolute Gasteiger partial charge is 0.389 e. The van der Waals surface area contributed by atoms with Crippen molar-refractivity contribution in [3.05, 3.63) is 46.3 Å². The van der Waals surface area contributed by atoms with Gasteiger partial charge in [-0.15, -0.1) is 11.3 Å². The van der Waals surface area contributed by atoms with Crippen LogP contribution in [0.2, 0.25) is 5.02 Å². The molecule has 1 aromatic heterocycles. The number of hydrogen-bond donors (Lipinski definition) is 1. The number of thiophene rings is 1. The molecular formula is C18H19ClO2S. The van der Waals surface area contributed by atoms with Crippen LogP contribution < -0.4 is 0 Å². The van der Waals surface area contributed by atoms with Crippen molar-refractivity contribution >= 4 is 38.8 Å². The molecule has 2 atom stereocenters. The van der Waals surface area contributed by atoms with E-state index in [1.807, 2.05) is 30.4 Å². The Hall–Kier alpha value is -1.16. The number of Topliss-reactive ketones (excluding diaryl/α,β-unsaturated/α-hetero) is 1. The molecule has 0 radical (unpaired) electrons. The summed E-state index contributed by atoms with van der Waals surface area (Å²) in [5, 5.41) is 12.0. The van der Waals surface area contributed by atoms with Crippen LogP contribution in [0.4, 0.5) is 0 Å². The van der Waals surface area contributed by atoms with E-state index in [0.717, 1.165) is 28.1 Å². The first kappa shape index (κ1) is 15.7. The first-order chi connectivity index (χ1) is 10.6. The van der Waals surface area contributed by atoms with E-state index in [0.29, 0.717) is 31.0 Å². The zero-order valence-electron chi connectivity index (χ0n) is 12.3. The van der Waals surface area contributed by atoms with E-state index in [-0.39, 0.29) is 0 Å². The van der Waals surface area contributed by atoms with E-state index in [9.17, 15) is 9.90 Å². The topological polar surface area (TPSA) is 37.3 Å². The number of hydrogen-bond acceptors (Lipinski definition) is 3. The zero-order chi connectivity index (χ0) is 15.5. The molecule has 116 valence electrons. The molecule has 3 rings (SSSR count). The predicted molar refractivity (Wildman–Crippen MR) is 92.7 cm³/mol. The number of aryl methyl sites for hydroxylation is 1. The van der Waals surface area contributed by atoms with E-state index in [1.165, 1.54) is 4.70 Å². The molecule has 0 saturated heterocycles. The fraction of sp³-hybridized carbons (Fsp3) is 0.389. The van der Waals surface area contributed by atoms with Crippen LogP contribution in [0.15, 0.2) is 36.4 Å². The van der Waals surface area contributed by atoms with Gasteiger partial charge < -0.3 is 5.11 Å². The highest BCUT2D eigenvalue weighted by Gasteiger charge is 2.19. The SMILES string of the molecule is O=C1CCC(/C=C/C(O)CCc2sc3ccccc3c2Cl)C1. The number of ketones is 1. The molecule has 2 nitrogen and oxygen atoms in total. The van der Waals surface area contributed by atoms with Crippen LogP contribution in [0.5, 0.6) is 0 Å². The number of fused-ring (bicyclic) bond motifs is 1. The molecule has 0 bridgehead atoms. The summed E-state index contributed by atoms with van der Waals surface area (Å²) in [7, 11) is 0. The summed E-state index contributed by atoms with van der Waals surface area (Å²) in [6.07, 6.45) is 7.03. The Balaban J connectivity index is 1.58. The Morgan fingerprint density at radius 2 is 2.23 bits per heavy atom. The van der Waals surface area contributed by atoms with E-state index in [1.54, 1.807) is 11.3 Å². The van der Waals surface area contributed by atoms with E-state index in [2.05, 4.69) is 6.07 Å². The van der Waals surface area contributed by atoms with E-state index >= 15 is 0 Å². The quantitative estimate of drug-likeness (QED) is 0.799. The van der Waals surface area contributed by atoms with Crippen molar-refractivity contribution in [1.82, 2.24) is 0 Å². The maximum Gasteiger partial charge on any atom is 0.133 e. The van der Waals surface area contributed by atoms with Crippen LogP contribution >= 0.6 is 22.9 Å². The number of allylic oxidation sites excluding steroid dienone is 1. The number of carbonyl (C=O) groups is 1. The van der Waals surface area contributed by atoms with Crippen LogP contribution in [-0.2, 0) is 11.2 Å². The summed E-state index contributed by atoms with van der Waals surface area (Å²) in [5.41, 5.74) is 0. The van der Waals surface area contributed by atoms with Gasteiger partial charge in [-0.2, -0.15) is 0 Å². The van der Waals surface area contributed by atoms with Gasteiger partial charge in [0.25, 0.3) is 0 Å². The summed E-state index contributed by atoms with van der Waals surface area (Å²) in [6.45, 7) is 0. The zero-order valence-corrected chi connectivity index (χ0v) is 13.9. The van der Waals surface area contributed by atoms with Crippen molar-refractivity contribution in [1.29, 1.82) is 0 Å². The lowest BCUT2D eigenvalue weighted by molar-refractivity contribution is -0.117. The number of aliphatic hydroxyl groups is 1. The summed E-state index contributed by atoms with van der Waals surface area (Å²) < 4.78 is 1.19. The predicted octanol–water partition coefficient (Wildman–Crippen LogP) is 4.77. The Bertz CT molecular complexity index is 704. The lowest BCUT2D eigenvalue weighted by atomic mass is 10.1. The lowest BCUT2D eigenvalue weighted by Gasteiger charge is -2.06. The van der Waals surface area contributed by atoms with Gasteiger partial charge in [-0.25, -0.2) is 0 Å². The van der Waals surface area contributed by atoms with Gasteiger partial charge in [-0.3, -0.25) is 4.79 Å². The van der Waals surface area contributed by atoms with Crippen LogP contribution in [-0.4, -0.2) is 17.0 Å². The Labute approximate surface area is 139 Å².